The van der Waals surface area contributed by atoms with Gasteiger partial charge in [0.05, 0.1) is 37.3 Å². The number of aliphatic hydroxyl groups is 4. The van der Waals surface area contributed by atoms with E-state index in [1.54, 1.807) is 62.3 Å². The van der Waals surface area contributed by atoms with Crippen molar-refractivity contribution in [1.29, 1.82) is 0 Å². The summed E-state index contributed by atoms with van der Waals surface area (Å²) in [4.78, 5) is 63.4. The van der Waals surface area contributed by atoms with Crippen LogP contribution in [0, 0.1) is 0 Å². The first-order chi connectivity index (χ1) is 28.5. The van der Waals surface area contributed by atoms with Gasteiger partial charge in [-0.1, -0.05) is 0 Å². The van der Waals surface area contributed by atoms with Gasteiger partial charge < -0.3 is 90.6 Å². The largest absolute Gasteiger partial charge is 0.465 e. The van der Waals surface area contributed by atoms with Gasteiger partial charge in [-0.15, -0.1) is 0 Å². The van der Waals surface area contributed by atoms with E-state index < -0.39 is 120 Å². The van der Waals surface area contributed by atoms with Crippen LogP contribution in [0.25, 0.3) is 0 Å². The Morgan fingerprint density at radius 1 is 0.790 bits per heavy atom. The molecule has 2 heterocycles. The normalized spacial score (nSPS) is 30.9. The smallest absolute Gasteiger partial charge is 0.408 e. The van der Waals surface area contributed by atoms with Gasteiger partial charge in [0.15, 0.2) is 6.29 Å². The van der Waals surface area contributed by atoms with E-state index in [2.05, 4.69) is 31.9 Å². The van der Waals surface area contributed by atoms with Crippen LogP contribution in [0.15, 0.2) is 11.8 Å². The topological polar surface area (TPSA) is 323 Å². The molecule has 2 fully saturated rings. The first-order valence-electron chi connectivity index (χ1n) is 20.4. The van der Waals surface area contributed by atoms with Gasteiger partial charge in [-0.25, -0.2) is 19.2 Å². The summed E-state index contributed by atoms with van der Waals surface area (Å²) in [6.45, 7) is 15.5. The molecular formula is C39H68N6O17. The van der Waals surface area contributed by atoms with Crippen molar-refractivity contribution in [2.75, 3.05) is 26.7 Å². The molecule has 0 bridgehead atoms. The molecule has 62 heavy (non-hydrogen) atoms. The van der Waals surface area contributed by atoms with E-state index in [1.165, 1.54) is 20.0 Å². The number of rotatable bonds is 14. The van der Waals surface area contributed by atoms with E-state index in [4.69, 9.17) is 33.2 Å². The number of likely N-dealkylation sites (N-methyl/N-ethyl adjacent to an activating group) is 1. The molecule has 12 atom stereocenters. The van der Waals surface area contributed by atoms with Crippen molar-refractivity contribution in [3.63, 3.8) is 0 Å². The quantitative estimate of drug-likeness (QED) is 0.102. The lowest BCUT2D eigenvalue weighted by atomic mass is 9.82. The molecule has 0 spiro atoms. The second-order valence-electron chi connectivity index (χ2n) is 18.6. The monoisotopic (exact) mass is 892 g/mol. The van der Waals surface area contributed by atoms with Crippen LogP contribution in [0.3, 0.4) is 0 Å². The van der Waals surface area contributed by atoms with Gasteiger partial charge in [0.1, 0.15) is 58.7 Å². The third-order valence-corrected chi connectivity index (χ3v) is 9.43. The summed E-state index contributed by atoms with van der Waals surface area (Å²) >= 11 is 0. The lowest BCUT2D eigenvalue weighted by molar-refractivity contribution is -0.304. The van der Waals surface area contributed by atoms with Crippen LogP contribution in [-0.4, -0.2) is 172 Å². The van der Waals surface area contributed by atoms with Crippen molar-refractivity contribution in [3.8, 4) is 0 Å². The summed E-state index contributed by atoms with van der Waals surface area (Å²) in [5, 5.41) is 70.1. The number of carboxylic acid groups (broad SMARTS) is 1. The highest BCUT2D eigenvalue weighted by Crippen LogP contribution is 2.33. The van der Waals surface area contributed by atoms with E-state index >= 15 is 0 Å². The minimum Gasteiger partial charge on any atom is -0.465 e. The number of hydrogen-bond acceptors (Lipinski definition) is 17. The molecule has 5 amide bonds. The average molecular weight is 893 g/mol. The molecule has 0 aromatic heterocycles. The Bertz CT molecular complexity index is 1580. The third-order valence-electron chi connectivity index (χ3n) is 9.43. The number of aliphatic hydroxyl groups excluding tert-OH is 3. The summed E-state index contributed by atoms with van der Waals surface area (Å²) in [6.07, 6.45) is -14.2. The van der Waals surface area contributed by atoms with Gasteiger partial charge in [-0.3, -0.25) is 4.79 Å². The van der Waals surface area contributed by atoms with Gasteiger partial charge in [-0.2, -0.15) is 0 Å². The zero-order valence-electron chi connectivity index (χ0n) is 37.3. The molecule has 0 aromatic carbocycles. The second-order valence-corrected chi connectivity index (χ2v) is 18.6. The Balaban J connectivity index is 2.03. The maximum absolute atomic E-state index is 13.6. The van der Waals surface area contributed by atoms with Crippen molar-refractivity contribution in [1.82, 2.24) is 31.9 Å². The zero-order valence-corrected chi connectivity index (χ0v) is 37.3. The molecule has 356 valence electrons. The average Bonchev–Trinajstić information content (AvgIpc) is 3.09. The Labute approximate surface area is 361 Å². The number of ether oxygens (including phenoxy) is 7. The molecule has 1 saturated heterocycles. The lowest BCUT2D eigenvalue weighted by Gasteiger charge is -2.49. The molecule has 0 unspecified atom stereocenters. The highest BCUT2D eigenvalue weighted by atomic mass is 16.7. The summed E-state index contributed by atoms with van der Waals surface area (Å²) in [5.41, 5.74) is -4.25. The van der Waals surface area contributed by atoms with E-state index in [0.29, 0.717) is 0 Å². The lowest BCUT2D eigenvalue weighted by Crippen LogP contribution is -2.70. The second kappa shape index (κ2) is 21.4. The van der Waals surface area contributed by atoms with Crippen molar-refractivity contribution in [2.24, 2.45) is 0 Å². The van der Waals surface area contributed by atoms with E-state index in [0.717, 1.165) is 0 Å². The fourth-order valence-electron chi connectivity index (χ4n) is 6.84. The van der Waals surface area contributed by atoms with Crippen LogP contribution in [-0.2, 0) is 38.0 Å². The molecule has 1 aliphatic carbocycles. The van der Waals surface area contributed by atoms with E-state index in [9.17, 15) is 49.5 Å². The Morgan fingerprint density at radius 3 is 1.84 bits per heavy atom. The third kappa shape index (κ3) is 16.5. The Kier molecular flexibility index (Phi) is 18.0. The first kappa shape index (κ1) is 52.1. The fourth-order valence-corrected chi connectivity index (χ4v) is 6.84. The van der Waals surface area contributed by atoms with Crippen molar-refractivity contribution in [3.05, 3.63) is 11.8 Å². The minimum atomic E-state index is -1.86. The molecule has 23 nitrogen and oxygen atoms in total. The van der Waals surface area contributed by atoms with Crippen LogP contribution in [0.4, 0.5) is 19.2 Å². The molecule has 11 N–H and O–H groups in total. The number of nitrogens with one attached hydrogen (secondary N) is 6. The van der Waals surface area contributed by atoms with E-state index in [1.807, 2.05) is 0 Å². The van der Waals surface area contributed by atoms with E-state index in [-0.39, 0.29) is 44.7 Å². The Hall–Kier alpha value is -4.23. The van der Waals surface area contributed by atoms with Crippen LogP contribution >= 0.6 is 0 Å². The maximum Gasteiger partial charge on any atom is 0.408 e. The van der Waals surface area contributed by atoms with Crippen LogP contribution in [0.1, 0.15) is 88.5 Å². The number of alkyl carbamates (subject to hydrolysis) is 3. The molecule has 3 aliphatic rings. The molecular weight excluding hydrogens is 824 g/mol. The predicted octanol–water partition coefficient (Wildman–Crippen LogP) is 0.0226. The van der Waals surface area contributed by atoms with Gasteiger partial charge >= 0.3 is 24.4 Å². The van der Waals surface area contributed by atoms with Crippen LogP contribution in [0.5, 0.6) is 0 Å². The molecule has 3 rings (SSSR count). The summed E-state index contributed by atoms with van der Waals surface area (Å²) < 4.78 is 40.5. The predicted molar refractivity (Wildman–Crippen MR) is 216 cm³/mol. The molecule has 23 heteroatoms. The molecule has 0 radical (unpaired) electrons. The SMILES string of the molecule is CN[C@@H]1[C@@H](O)[C@@H](O[C@@H]2[C@@H](O)[C@H](O[C@H]3OC(CNC(=O)O)=CC[C@H]3NC(=O)OC(C)(C)C)[C@@H](NC(=O)OC(C)(C)C)C[C@H]2NC(=O)[C@@H](O)CCNC(=O)OC(C)(C)C)OC[C@]1(C)O. The number of carbonyl (C=O) groups is 5. The number of amides is 5. The fraction of sp³-hybridized carbons (Fsp3) is 0.821. The highest BCUT2D eigenvalue weighted by molar-refractivity contribution is 5.81. The van der Waals surface area contributed by atoms with Gasteiger partial charge in [0.25, 0.3) is 0 Å². The number of carbonyl (C=O) groups excluding carboxylic acids is 4. The van der Waals surface area contributed by atoms with Gasteiger partial charge in [-0.05, 0) is 102 Å². The summed E-state index contributed by atoms with van der Waals surface area (Å²) in [5.74, 6) is -0.866. The molecule has 1 saturated carbocycles. The maximum atomic E-state index is 13.6. The van der Waals surface area contributed by atoms with Gasteiger partial charge in [0, 0.05) is 6.54 Å². The van der Waals surface area contributed by atoms with Crippen molar-refractivity contribution < 1.29 is 82.7 Å². The van der Waals surface area contributed by atoms with Crippen LogP contribution < -0.4 is 31.9 Å². The summed E-state index contributed by atoms with van der Waals surface area (Å²) in [7, 11) is 1.50. The van der Waals surface area contributed by atoms with Crippen molar-refractivity contribution >= 4 is 30.3 Å². The standard InChI is InChI=1S/C39H68N6O17/c1-36(2,3)60-33(52)41-15-14-23(46)29(49)43-21-16-22(45-35(54)62-38(7,8)9)27(24(47)26(21)59-31-25(48)28(40-11)39(10,55)18-56-31)58-30-20(44-34(53)61-37(4,5)6)13-12-19(57-30)17-42-32(50)51/h12,20-28,30-31,40,42,46-48,55H,13-18H2,1-11H3,(H,41,52)(H,43,49)(H,44,53)(H,45,54)(H,50,51)/t20-,21-,22+,23+,24-,25-,26+,27-,28-,30-,31-,39+/m1/s1. The first-order valence-corrected chi connectivity index (χ1v) is 20.4. The zero-order chi connectivity index (χ0) is 47.0. The number of hydrogen-bond donors (Lipinski definition) is 11. The minimum absolute atomic E-state index is 0.0280. The molecule has 2 aliphatic heterocycles. The summed E-state index contributed by atoms with van der Waals surface area (Å²) in [6, 6.07) is -4.55. The molecule has 0 aromatic rings. The van der Waals surface area contributed by atoms with Crippen LogP contribution in [0.2, 0.25) is 0 Å². The van der Waals surface area contributed by atoms with Gasteiger partial charge in [0.2, 0.25) is 12.2 Å². The van der Waals surface area contributed by atoms with Crippen molar-refractivity contribution in [2.45, 2.75) is 178 Å². The Morgan fingerprint density at radius 2 is 1.31 bits per heavy atom. The highest BCUT2D eigenvalue weighted by Gasteiger charge is 2.53.